The highest BCUT2D eigenvalue weighted by molar-refractivity contribution is 5.84. The van der Waals surface area contributed by atoms with E-state index in [1.165, 1.54) is 4.57 Å². The van der Waals surface area contributed by atoms with Crippen LogP contribution in [-0.2, 0) is 0 Å². The predicted molar refractivity (Wildman–Crippen MR) is 50.6 cm³/mol. The van der Waals surface area contributed by atoms with E-state index >= 15 is 0 Å². The molecule has 2 aromatic heterocycles. The number of hydrogen-bond donors (Lipinski definition) is 0. The minimum atomic E-state index is -0.119. The molecule has 76 valence electrons. The van der Waals surface area contributed by atoms with Crippen LogP contribution in [0.25, 0.3) is 0 Å². The van der Waals surface area contributed by atoms with Crippen LogP contribution in [0.4, 0.5) is 0 Å². The largest absolute Gasteiger partial charge is 1.00 e. The molecule has 2 heterocycles. The molecule has 0 N–H and O–H groups in total. The SMILES string of the molecule is O=C(c1ccccn1)[n+]1ccccc1.[I-]. The molecule has 0 amide bonds. The van der Waals surface area contributed by atoms with E-state index < -0.39 is 0 Å². The molecule has 0 saturated heterocycles. The fourth-order valence-corrected chi connectivity index (χ4v) is 1.16. The third kappa shape index (κ3) is 2.82. The molecule has 0 radical (unpaired) electrons. The predicted octanol–water partition coefficient (Wildman–Crippen LogP) is -1.94. The zero-order chi connectivity index (χ0) is 9.80. The van der Waals surface area contributed by atoms with Crippen LogP contribution < -0.4 is 28.5 Å². The Morgan fingerprint density at radius 2 is 1.80 bits per heavy atom. The Morgan fingerprint density at radius 3 is 2.40 bits per heavy atom. The average molecular weight is 312 g/mol. The molecule has 3 nitrogen and oxygen atoms in total. The molecule has 2 rings (SSSR count). The minimum absolute atomic E-state index is 0. The maximum absolute atomic E-state index is 11.7. The molecule has 0 aliphatic rings. The first-order chi connectivity index (χ1) is 6.88. The molecule has 15 heavy (non-hydrogen) atoms. The average Bonchev–Trinajstić information content (AvgIpc) is 2.30. The number of carbonyl (C=O) groups excluding carboxylic acids is 1. The third-order valence-electron chi connectivity index (χ3n) is 1.83. The van der Waals surface area contributed by atoms with Crippen LogP contribution in [0.1, 0.15) is 10.5 Å². The van der Waals surface area contributed by atoms with Gasteiger partial charge in [0, 0.05) is 18.3 Å². The third-order valence-corrected chi connectivity index (χ3v) is 1.83. The maximum Gasteiger partial charge on any atom is 0.443 e. The lowest BCUT2D eigenvalue weighted by Gasteiger charge is -1.92. The van der Waals surface area contributed by atoms with Gasteiger partial charge < -0.3 is 24.0 Å². The van der Waals surface area contributed by atoms with Crippen molar-refractivity contribution < 1.29 is 33.3 Å². The number of halogens is 1. The van der Waals surface area contributed by atoms with Crippen molar-refractivity contribution in [3.05, 3.63) is 60.7 Å². The highest BCUT2D eigenvalue weighted by Crippen LogP contribution is 1.92. The summed E-state index contributed by atoms with van der Waals surface area (Å²) in [4.78, 5) is 15.7. The van der Waals surface area contributed by atoms with E-state index in [2.05, 4.69) is 4.98 Å². The molecule has 0 aliphatic heterocycles. The van der Waals surface area contributed by atoms with Crippen molar-refractivity contribution in [2.75, 3.05) is 0 Å². The van der Waals surface area contributed by atoms with Crippen LogP contribution in [0.5, 0.6) is 0 Å². The first kappa shape index (κ1) is 11.8. The van der Waals surface area contributed by atoms with Crippen LogP contribution in [0.3, 0.4) is 0 Å². The van der Waals surface area contributed by atoms with Crippen molar-refractivity contribution in [1.29, 1.82) is 0 Å². The normalized spacial score (nSPS) is 9.07. The van der Waals surface area contributed by atoms with Gasteiger partial charge in [-0.3, -0.25) is 0 Å². The summed E-state index contributed by atoms with van der Waals surface area (Å²) in [5.41, 5.74) is 0.448. The van der Waals surface area contributed by atoms with E-state index in [4.69, 9.17) is 0 Å². The Morgan fingerprint density at radius 1 is 1.07 bits per heavy atom. The quantitative estimate of drug-likeness (QED) is 0.454. The zero-order valence-electron chi connectivity index (χ0n) is 7.88. The Hall–Kier alpha value is -1.30. The van der Waals surface area contributed by atoms with Gasteiger partial charge in [0.1, 0.15) is 0 Å². The number of pyridine rings is 2. The Labute approximate surface area is 105 Å². The van der Waals surface area contributed by atoms with Gasteiger partial charge in [0.2, 0.25) is 0 Å². The lowest BCUT2D eigenvalue weighted by molar-refractivity contribution is -0.570. The van der Waals surface area contributed by atoms with Gasteiger partial charge in [0.05, 0.1) is 0 Å². The summed E-state index contributed by atoms with van der Waals surface area (Å²) in [6, 6.07) is 10.8. The zero-order valence-corrected chi connectivity index (χ0v) is 10.0. The molecule has 0 unspecified atom stereocenters. The van der Waals surface area contributed by atoms with E-state index in [0.29, 0.717) is 5.69 Å². The number of nitrogens with zero attached hydrogens (tertiary/aromatic N) is 2. The van der Waals surface area contributed by atoms with Gasteiger partial charge in [-0.05, 0) is 12.1 Å². The summed E-state index contributed by atoms with van der Waals surface area (Å²) in [6.45, 7) is 0. The van der Waals surface area contributed by atoms with Crippen LogP contribution in [0, 0.1) is 0 Å². The van der Waals surface area contributed by atoms with E-state index in [1.807, 2.05) is 6.07 Å². The van der Waals surface area contributed by atoms with Crippen molar-refractivity contribution in [2.24, 2.45) is 0 Å². The molecular formula is C11H9IN2O. The van der Waals surface area contributed by atoms with Crippen LogP contribution in [0.15, 0.2) is 55.0 Å². The molecule has 0 aliphatic carbocycles. The lowest BCUT2D eigenvalue weighted by atomic mass is 10.3. The fourth-order valence-electron chi connectivity index (χ4n) is 1.16. The van der Waals surface area contributed by atoms with Crippen LogP contribution >= 0.6 is 0 Å². The van der Waals surface area contributed by atoms with Gasteiger partial charge in [0.15, 0.2) is 18.1 Å². The Balaban J connectivity index is 0.00000112. The summed E-state index contributed by atoms with van der Waals surface area (Å²) in [7, 11) is 0. The van der Waals surface area contributed by atoms with E-state index in [-0.39, 0.29) is 29.9 Å². The monoisotopic (exact) mass is 312 g/mol. The molecule has 0 fully saturated rings. The maximum atomic E-state index is 11.7. The van der Waals surface area contributed by atoms with Gasteiger partial charge in [-0.25, -0.2) is 9.78 Å². The molecule has 0 bridgehead atoms. The number of rotatable bonds is 1. The lowest BCUT2D eigenvalue weighted by Crippen LogP contribution is -3.00. The van der Waals surface area contributed by atoms with Crippen LogP contribution in [0.2, 0.25) is 0 Å². The molecule has 0 atom stereocenters. The first-order valence-corrected chi connectivity index (χ1v) is 4.30. The van der Waals surface area contributed by atoms with Gasteiger partial charge in [-0.15, -0.1) is 4.57 Å². The van der Waals surface area contributed by atoms with Crippen molar-refractivity contribution in [1.82, 2.24) is 4.98 Å². The molecule has 4 heteroatoms. The highest BCUT2D eigenvalue weighted by atomic mass is 127. The molecule has 0 saturated carbocycles. The Bertz CT molecular complexity index is 389. The van der Waals surface area contributed by atoms with Crippen molar-refractivity contribution in [3.8, 4) is 0 Å². The second-order valence-corrected chi connectivity index (χ2v) is 2.80. The molecule has 0 spiro atoms. The van der Waals surface area contributed by atoms with E-state index in [9.17, 15) is 4.79 Å². The number of carbonyl (C=O) groups is 1. The second-order valence-electron chi connectivity index (χ2n) is 2.80. The van der Waals surface area contributed by atoms with Gasteiger partial charge in [-0.1, -0.05) is 12.1 Å². The topological polar surface area (TPSA) is 33.8 Å². The van der Waals surface area contributed by atoms with Crippen molar-refractivity contribution in [2.45, 2.75) is 0 Å². The highest BCUT2D eigenvalue weighted by Gasteiger charge is 2.16. The minimum Gasteiger partial charge on any atom is -1.00 e. The smallest absolute Gasteiger partial charge is 0.443 e. The summed E-state index contributed by atoms with van der Waals surface area (Å²) in [6.07, 6.45) is 5.02. The van der Waals surface area contributed by atoms with E-state index in [0.717, 1.165) is 0 Å². The summed E-state index contributed by atoms with van der Waals surface area (Å²) in [5.74, 6) is -0.119. The fraction of sp³-hybridized carbons (Fsp3) is 0. The number of hydrogen-bond acceptors (Lipinski definition) is 2. The van der Waals surface area contributed by atoms with Crippen LogP contribution in [-0.4, -0.2) is 10.9 Å². The molecular weight excluding hydrogens is 303 g/mol. The standard InChI is InChI=1S/C11H9N2O.HI/c14-11(10-6-2-3-7-12-10)13-8-4-1-5-9-13;/h1-9H;1H/q+1;/p-1. The number of aromatic nitrogens is 2. The molecule has 0 aromatic carbocycles. The van der Waals surface area contributed by atoms with Gasteiger partial charge in [-0.2, -0.15) is 0 Å². The Kier molecular flexibility index (Phi) is 4.36. The summed E-state index contributed by atoms with van der Waals surface area (Å²) >= 11 is 0. The molecule has 2 aromatic rings. The van der Waals surface area contributed by atoms with E-state index in [1.54, 1.807) is 48.9 Å². The summed E-state index contributed by atoms with van der Waals surface area (Å²) in [5, 5.41) is 0. The van der Waals surface area contributed by atoms with Gasteiger partial charge in [0.25, 0.3) is 0 Å². The van der Waals surface area contributed by atoms with Crippen molar-refractivity contribution >= 4 is 5.91 Å². The van der Waals surface area contributed by atoms with Crippen molar-refractivity contribution in [3.63, 3.8) is 0 Å². The summed E-state index contributed by atoms with van der Waals surface area (Å²) < 4.78 is 1.50. The first-order valence-electron chi connectivity index (χ1n) is 4.30. The van der Waals surface area contributed by atoms with Gasteiger partial charge >= 0.3 is 5.91 Å². The second kappa shape index (κ2) is 5.55.